The van der Waals surface area contributed by atoms with E-state index in [4.69, 9.17) is 11.6 Å². The molecule has 1 aliphatic heterocycles. The van der Waals surface area contributed by atoms with Gasteiger partial charge in [-0.1, -0.05) is 18.0 Å². The fraction of sp³-hybridized carbons (Fsp3) is 0.500. The highest BCUT2D eigenvalue weighted by Gasteiger charge is 2.14. The molecule has 1 atom stereocenters. The summed E-state index contributed by atoms with van der Waals surface area (Å²) < 4.78 is 0. The maximum atomic E-state index is 5.87. The van der Waals surface area contributed by atoms with Gasteiger partial charge in [0.25, 0.3) is 0 Å². The molecular weight excluding hydrogens is 184 g/mol. The molecule has 1 N–H and O–H groups in total. The van der Waals surface area contributed by atoms with E-state index in [0.717, 1.165) is 11.6 Å². The molecule has 0 saturated carbocycles. The quantitative estimate of drug-likeness (QED) is 0.747. The third-order valence-electron chi connectivity index (χ3n) is 2.44. The van der Waals surface area contributed by atoms with Crippen molar-refractivity contribution < 1.29 is 0 Å². The van der Waals surface area contributed by atoms with Crippen molar-refractivity contribution in [1.29, 1.82) is 0 Å². The molecule has 2 rings (SSSR count). The summed E-state index contributed by atoms with van der Waals surface area (Å²) in [6.07, 6.45) is 7.35. The summed E-state index contributed by atoms with van der Waals surface area (Å²) in [6, 6.07) is 2.46. The molecule has 1 aromatic heterocycles. The highest BCUT2D eigenvalue weighted by molar-refractivity contribution is 6.30. The van der Waals surface area contributed by atoms with E-state index in [1.807, 2.05) is 12.3 Å². The van der Waals surface area contributed by atoms with Crippen molar-refractivity contribution in [1.82, 2.24) is 10.3 Å². The van der Waals surface area contributed by atoms with Crippen LogP contribution in [-0.2, 0) is 0 Å². The largest absolute Gasteiger partial charge is 0.310 e. The van der Waals surface area contributed by atoms with Crippen molar-refractivity contribution in [3.05, 3.63) is 29.0 Å². The van der Waals surface area contributed by atoms with Gasteiger partial charge in [-0.2, -0.15) is 0 Å². The Labute approximate surface area is 83.3 Å². The average molecular weight is 197 g/mol. The van der Waals surface area contributed by atoms with Crippen LogP contribution in [0.1, 0.15) is 30.9 Å². The van der Waals surface area contributed by atoms with Crippen molar-refractivity contribution in [3.8, 4) is 0 Å². The van der Waals surface area contributed by atoms with Gasteiger partial charge < -0.3 is 5.32 Å². The minimum Gasteiger partial charge on any atom is -0.310 e. The lowest BCUT2D eigenvalue weighted by molar-refractivity contribution is 0.411. The van der Waals surface area contributed by atoms with Gasteiger partial charge in [-0.25, -0.2) is 0 Å². The van der Waals surface area contributed by atoms with E-state index < -0.39 is 0 Å². The molecule has 0 bridgehead atoms. The van der Waals surface area contributed by atoms with E-state index in [1.165, 1.54) is 24.8 Å². The molecule has 1 saturated heterocycles. The average Bonchev–Trinajstić information content (AvgIpc) is 2.19. The normalized spacial score (nSPS) is 23.0. The number of rotatable bonds is 1. The zero-order valence-electron chi connectivity index (χ0n) is 7.46. The first kappa shape index (κ1) is 8.97. The van der Waals surface area contributed by atoms with E-state index in [9.17, 15) is 0 Å². The van der Waals surface area contributed by atoms with E-state index >= 15 is 0 Å². The maximum absolute atomic E-state index is 5.87. The smallest absolute Gasteiger partial charge is 0.0592 e. The second-order valence-electron chi connectivity index (χ2n) is 3.44. The minimum atomic E-state index is 0.458. The molecule has 2 heterocycles. The minimum absolute atomic E-state index is 0.458. The number of nitrogens with zero attached hydrogens (tertiary/aromatic N) is 1. The lowest BCUT2D eigenvalue weighted by Gasteiger charge is -2.23. The lowest BCUT2D eigenvalue weighted by atomic mass is 9.99. The Hall–Kier alpha value is -0.600. The van der Waals surface area contributed by atoms with Crippen molar-refractivity contribution in [2.24, 2.45) is 0 Å². The molecular formula is C10H13ClN2. The van der Waals surface area contributed by atoms with Gasteiger partial charge in [-0.05, 0) is 31.0 Å². The predicted molar refractivity (Wildman–Crippen MR) is 53.8 cm³/mol. The van der Waals surface area contributed by atoms with Crippen LogP contribution in [0.3, 0.4) is 0 Å². The summed E-state index contributed by atoms with van der Waals surface area (Å²) in [5.41, 5.74) is 1.22. The Morgan fingerprint density at radius 1 is 1.38 bits per heavy atom. The molecule has 2 nitrogen and oxygen atoms in total. The summed E-state index contributed by atoms with van der Waals surface area (Å²) >= 11 is 5.87. The third-order valence-corrected chi connectivity index (χ3v) is 2.65. The van der Waals surface area contributed by atoms with Gasteiger partial charge in [0.15, 0.2) is 0 Å². The van der Waals surface area contributed by atoms with Crippen molar-refractivity contribution in [3.63, 3.8) is 0 Å². The molecule has 1 unspecified atom stereocenters. The van der Waals surface area contributed by atoms with Gasteiger partial charge >= 0.3 is 0 Å². The molecule has 0 amide bonds. The fourth-order valence-corrected chi connectivity index (χ4v) is 1.94. The standard InChI is InChI=1S/C10H13ClN2/c11-9-5-8(6-12-7-9)10-3-1-2-4-13-10/h5-7,10,13H,1-4H2. The van der Waals surface area contributed by atoms with Crippen LogP contribution in [0.2, 0.25) is 5.02 Å². The second kappa shape index (κ2) is 4.07. The van der Waals surface area contributed by atoms with Gasteiger partial charge in [0.1, 0.15) is 0 Å². The number of nitrogens with one attached hydrogen (secondary N) is 1. The lowest BCUT2D eigenvalue weighted by Crippen LogP contribution is -2.26. The summed E-state index contributed by atoms with van der Waals surface area (Å²) in [5.74, 6) is 0. The van der Waals surface area contributed by atoms with Gasteiger partial charge in [-0.3, -0.25) is 4.98 Å². The summed E-state index contributed by atoms with van der Waals surface area (Å²) in [6.45, 7) is 1.11. The number of halogens is 1. The number of pyridine rings is 1. The SMILES string of the molecule is Clc1cncc(C2CCCCN2)c1. The molecule has 0 aliphatic carbocycles. The highest BCUT2D eigenvalue weighted by atomic mass is 35.5. The van der Waals surface area contributed by atoms with Crippen LogP contribution in [0.15, 0.2) is 18.5 Å². The summed E-state index contributed by atoms with van der Waals surface area (Å²) in [4.78, 5) is 4.09. The zero-order valence-corrected chi connectivity index (χ0v) is 8.22. The highest BCUT2D eigenvalue weighted by Crippen LogP contribution is 2.23. The first-order valence-electron chi connectivity index (χ1n) is 4.70. The predicted octanol–water partition coefficient (Wildman–Crippen LogP) is 2.55. The van der Waals surface area contributed by atoms with Gasteiger partial charge in [0.2, 0.25) is 0 Å². The molecule has 0 spiro atoms. The Morgan fingerprint density at radius 3 is 3.00 bits per heavy atom. The van der Waals surface area contributed by atoms with Crippen LogP contribution in [0.4, 0.5) is 0 Å². The second-order valence-corrected chi connectivity index (χ2v) is 3.88. The topological polar surface area (TPSA) is 24.9 Å². The Bertz CT molecular complexity index is 282. The Balaban J connectivity index is 2.14. The molecule has 1 fully saturated rings. The van der Waals surface area contributed by atoms with Crippen LogP contribution in [0, 0.1) is 0 Å². The molecule has 1 aromatic rings. The fourth-order valence-electron chi connectivity index (χ4n) is 1.76. The maximum Gasteiger partial charge on any atom is 0.0592 e. The third kappa shape index (κ3) is 2.20. The number of piperidine rings is 1. The van der Waals surface area contributed by atoms with E-state index in [0.29, 0.717) is 6.04 Å². The molecule has 1 aliphatic rings. The van der Waals surface area contributed by atoms with Gasteiger partial charge in [-0.15, -0.1) is 0 Å². The van der Waals surface area contributed by atoms with Crippen LogP contribution in [0.25, 0.3) is 0 Å². The van der Waals surface area contributed by atoms with Gasteiger partial charge in [0, 0.05) is 18.4 Å². The summed E-state index contributed by atoms with van der Waals surface area (Å²) in [7, 11) is 0. The van der Waals surface area contributed by atoms with E-state index in [-0.39, 0.29) is 0 Å². The van der Waals surface area contributed by atoms with E-state index in [2.05, 4.69) is 10.3 Å². The molecule has 0 aromatic carbocycles. The van der Waals surface area contributed by atoms with Crippen LogP contribution in [-0.4, -0.2) is 11.5 Å². The monoisotopic (exact) mass is 196 g/mol. The summed E-state index contributed by atoms with van der Waals surface area (Å²) in [5, 5.41) is 4.19. The number of hydrogen-bond acceptors (Lipinski definition) is 2. The molecule has 13 heavy (non-hydrogen) atoms. The van der Waals surface area contributed by atoms with Gasteiger partial charge in [0.05, 0.1) is 5.02 Å². The number of hydrogen-bond donors (Lipinski definition) is 1. The van der Waals surface area contributed by atoms with E-state index in [1.54, 1.807) is 6.20 Å². The van der Waals surface area contributed by atoms with Crippen molar-refractivity contribution in [2.75, 3.05) is 6.54 Å². The first-order valence-corrected chi connectivity index (χ1v) is 5.08. The van der Waals surface area contributed by atoms with Crippen molar-refractivity contribution >= 4 is 11.6 Å². The van der Waals surface area contributed by atoms with Crippen molar-refractivity contribution in [2.45, 2.75) is 25.3 Å². The first-order chi connectivity index (χ1) is 6.36. The van der Waals surface area contributed by atoms with Crippen LogP contribution < -0.4 is 5.32 Å². The zero-order chi connectivity index (χ0) is 9.10. The Kier molecular flexibility index (Phi) is 2.81. The van der Waals surface area contributed by atoms with Crippen LogP contribution in [0.5, 0.6) is 0 Å². The molecule has 0 radical (unpaired) electrons. The molecule has 3 heteroatoms. The Morgan fingerprint density at radius 2 is 2.31 bits per heavy atom. The molecule has 70 valence electrons. The van der Waals surface area contributed by atoms with Crippen LogP contribution >= 0.6 is 11.6 Å². The number of aromatic nitrogens is 1.